The van der Waals surface area contributed by atoms with Gasteiger partial charge in [0.2, 0.25) is 5.91 Å². The Hall–Kier alpha value is -1.43. The Labute approximate surface area is 107 Å². The van der Waals surface area contributed by atoms with Crippen molar-refractivity contribution in [2.24, 2.45) is 5.73 Å². The molecule has 0 saturated heterocycles. The van der Waals surface area contributed by atoms with Crippen LogP contribution in [0.25, 0.3) is 0 Å². The van der Waals surface area contributed by atoms with Crippen molar-refractivity contribution in [1.29, 1.82) is 0 Å². The summed E-state index contributed by atoms with van der Waals surface area (Å²) in [7, 11) is 3.81. The molecule has 1 heterocycles. The van der Waals surface area contributed by atoms with Gasteiger partial charge in [0.1, 0.15) is 0 Å². The van der Waals surface area contributed by atoms with Gasteiger partial charge in [0, 0.05) is 12.2 Å². The van der Waals surface area contributed by atoms with Crippen LogP contribution in [-0.4, -0.2) is 42.7 Å². The molecule has 5 nitrogen and oxygen atoms in total. The van der Waals surface area contributed by atoms with Crippen LogP contribution in [0.15, 0.2) is 18.2 Å². The van der Waals surface area contributed by atoms with Crippen molar-refractivity contribution in [3.05, 3.63) is 29.3 Å². The molecule has 4 N–H and O–H groups in total. The number of hydrogen-bond acceptors (Lipinski definition) is 4. The highest BCUT2D eigenvalue weighted by Gasteiger charge is 2.25. The molecule has 0 saturated carbocycles. The second kappa shape index (κ2) is 5.06. The van der Waals surface area contributed by atoms with Crippen molar-refractivity contribution in [3.63, 3.8) is 0 Å². The third kappa shape index (κ3) is 2.38. The minimum absolute atomic E-state index is 0.0166. The summed E-state index contributed by atoms with van der Waals surface area (Å²) in [6.07, 6.45) is -0.217. The lowest BCUT2D eigenvalue weighted by molar-refractivity contribution is -0.115. The summed E-state index contributed by atoms with van der Waals surface area (Å²) in [6, 6.07) is 5.62. The van der Waals surface area contributed by atoms with E-state index in [2.05, 4.69) is 5.32 Å². The van der Waals surface area contributed by atoms with Gasteiger partial charge in [0.15, 0.2) is 0 Å². The number of carbonyl (C=O) groups excluding carboxylic acids is 1. The quantitative estimate of drug-likeness (QED) is 0.707. The summed E-state index contributed by atoms with van der Waals surface area (Å²) in [6.45, 7) is 0.205. The first-order chi connectivity index (χ1) is 8.52. The summed E-state index contributed by atoms with van der Waals surface area (Å²) < 4.78 is 0. The van der Waals surface area contributed by atoms with E-state index in [1.165, 1.54) is 0 Å². The third-order valence-corrected chi connectivity index (χ3v) is 3.26. The molecule has 0 aliphatic carbocycles. The topological polar surface area (TPSA) is 78.6 Å². The zero-order valence-corrected chi connectivity index (χ0v) is 10.7. The van der Waals surface area contributed by atoms with E-state index in [9.17, 15) is 9.90 Å². The molecule has 0 bridgehead atoms. The fourth-order valence-electron chi connectivity index (χ4n) is 2.43. The lowest BCUT2D eigenvalue weighted by Crippen LogP contribution is -2.36. The number of anilines is 1. The smallest absolute Gasteiger partial charge is 0.228 e. The van der Waals surface area contributed by atoms with E-state index in [0.29, 0.717) is 6.42 Å². The average Bonchev–Trinajstić information content (AvgIpc) is 2.68. The predicted octanol–water partition coefficient (Wildman–Crippen LogP) is 0.104. The molecule has 0 fully saturated rings. The molecule has 2 unspecified atom stereocenters. The van der Waals surface area contributed by atoms with Crippen molar-refractivity contribution in [1.82, 2.24) is 4.90 Å². The number of fused-ring (bicyclic) bond motifs is 1. The molecule has 98 valence electrons. The van der Waals surface area contributed by atoms with Gasteiger partial charge in [0.05, 0.1) is 18.6 Å². The number of hydrogen-bond donors (Lipinski definition) is 3. The highest BCUT2D eigenvalue weighted by atomic mass is 16.3. The van der Waals surface area contributed by atoms with Gasteiger partial charge in [0.25, 0.3) is 0 Å². The van der Waals surface area contributed by atoms with Gasteiger partial charge in [-0.2, -0.15) is 0 Å². The summed E-state index contributed by atoms with van der Waals surface area (Å²) in [5.41, 5.74) is 8.36. The Kier molecular flexibility index (Phi) is 3.65. The highest BCUT2D eigenvalue weighted by molar-refractivity contribution is 5.99. The zero-order valence-electron chi connectivity index (χ0n) is 10.7. The number of aliphatic hydroxyl groups is 1. The maximum atomic E-state index is 11.3. The van der Waals surface area contributed by atoms with E-state index >= 15 is 0 Å². The molecule has 2 atom stereocenters. The van der Waals surface area contributed by atoms with Crippen molar-refractivity contribution in [3.8, 4) is 0 Å². The number of rotatable bonds is 4. The predicted molar refractivity (Wildman–Crippen MR) is 70.3 cm³/mol. The lowest BCUT2D eigenvalue weighted by atomic mass is 9.97. The molecule has 0 radical (unpaired) electrons. The number of aliphatic hydroxyl groups excluding tert-OH is 1. The van der Waals surface area contributed by atoms with Gasteiger partial charge < -0.3 is 21.1 Å². The van der Waals surface area contributed by atoms with Crippen LogP contribution in [-0.2, 0) is 11.2 Å². The van der Waals surface area contributed by atoms with Gasteiger partial charge in [-0.05, 0) is 31.3 Å². The van der Waals surface area contributed by atoms with Crippen LogP contribution in [0.4, 0.5) is 5.69 Å². The molecule has 18 heavy (non-hydrogen) atoms. The van der Waals surface area contributed by atoms with E-state index in [1.807, 2.05) is 37.2 Å². The number of benzene rings is 1. The van der Waals surface area contributed by atoms with E-state index in [4.69, 9.17) is 5.73 Å². The van der Waals surface area contributed by atoms with Gasteiger partial charge >= 0.3 is 0 Å². The zero-order chi connectivity index (χ0) is 13.3. The molecule has 1 aromatic carbocycles. The minimum Gasteiger partial charge on any atom is -0.390 e. The number of nitrogens with two attached hydrogens (primary N) is 1. The molecule has 1 amide bonds. The van der Waals surface area contributed by atoms with Crippen LogP contribution in [0.3, 0.4) is 0 Å². The van der Waals surface area contributed by atoms with E-state index in [1.54, 1.807) is 0 Å². The van der Waals surface area contributed by atoms with Crippen LogP contribution in [0.2, 0.25) is 0 Å². The molecular formula is C13H19N3O2. The van der Waals surface area contributed by atoms with E-state index in [-0.39, 0.29) is 18.5 Å². The van der Waals surface area contributed by atoms with Crippen molar-refractivity contribution >= 4 is 11.6 Å². The molecule has 0 aromatic heterocycles. The van der Waals surface area contributed by atoms with Crippen molar-refractivity contribution in [2.45, 2.75) is 18.6 Å². The Morgan fingerprint density at radius 2 is 2.22 bits per heavy atom. The number of nitrogens with one attached hydrogen (secondary N) is 1. The summed E-state index contributed by atoms with van der Waals surface area (Å²) in [5.74, 6) is 0.0166. The molecule has 5 heteroatoms. The Balaban J connectivity index is 2.32. The summed E-state index contributed by atoms with van der Waals surface area (Å²) >= 11 is 0. The Morgan fingerprint density at radius 3 is 2.83 bits per heavy atom. The van der Waals surface area contributed by atoms with Gasteiger partial charge in [-0.1, -0.05) is 12.1 Å². The van der Waals surface area contributed by atoms with Gasteiger partial charge in [-0.3, -0.25) is 4.79 Å². The van der Waals surface area contributed by atoms with Crippen LogP contribution in [0.5, 0.6) is 0 Å². The number of nitrogens with zero attached hydrogens (tertiary/aromatic N) is 1. The normalized spacial score (nSPS) is 17.5. The number of carbonyl (C=O) groups is 1. The molecule has 2 rings (SSSR count). The largest absolute Gasteiger partial charge is 0.390 e. The van der Waals surface area contributed by atoms with E-state index < -0.39 is 6.10 Å². The fraction of sp³-hybridized carbons (Fsp3) is 0.462. The maximum Gasteiger partial charge on any atom is 0.228 e. The van der Waals surface area contributed by atoms with Crippen molar-refractivity contribution < 1.29 is 9.90 Å². The monoisotopic (exact) mass is 249 g/mol. The first-order valence-electron chi connectivity index (χ1n) is 6.00. The average molecular weight is 249 g/mol. The van der Waals surface area contributed by atoms with Gasteiger partial charge in [-0.25, -0.2) is 0 Å². The van der Waals surface area contributed by atoms with Crippen LogP contribution in [0.1, 0.15) is 17.2 Å². The van der Waals surface area contributed by atoms with Crippen LogP contribution < -0.4 is 11.1 Å². The number of amides is 1. The van der Waals surface area contributed by atoms with Crippen molar-refractivity contribution in [2.75, 3.05) is 26.0 Å². The summed E-state index contributed by atoms with van der Waals surface area (Å²) in [5, 5.41) is 12.8. The first kappa shape index (κ1) is 13.0. The molecule has 1 aliphatic rings. The second-order valence-electron chi connectivity index (χ2n) is 4.85. The highest BCUT2D eigenvalue weighted by Crippen LogP contribution is 2.29. The van der Waals surface area contributed by atoms with Gasteiger partial charge in [-0.15, -0.1) is 0 Å². The minimum atomic E-state index is -0.622. The Morgan fingerprint density at radius 1 is 1.50 bits per heavy atom. The third-order valence-electron chi connectivity index (χ3n) is 3.26. The fourth-order valence-corrected chi connectivity index (χ4v) is 2.43. The molecule has 0 spiro atoms. The molecule has 1 aliphatic heterocycles. The maximum absolute atomic E-state index is 11.3. The SMILES string of the molecule is CN(C)C(c1ccc2c(c1)CC(=O)N2)C(O)CN. The number of likely N-dealkylation sites (N-methyl/N-ethyl adjacent to an activating group) is 1. The first-order valence-corrected chi connectivity index (χ1v) is 6.00. The molecule has 1 aromatic rings. The second-order valence-corrected chi connectivity index (χ2v) is 4.85. The summed E-state index contributed by atoms with van der Waals surface area (Å²) in [4.78, 5) is 13.2. The standard InChI is InChI=1S/C13H19N3O2/c1-16(2)13(11(17)7-14)8-3-4-10-9(5-8)6-12(18)15-10/h3-5,11,13,17H,6-7,14H2,1-2H3,(H,15,18). The van der Waals surface area contributed by atoms with Crippen LogP contribution >= 0.6 is 0 Å². The lowest BCUT2D eigenvalue weighted by Gasteiger charge is -2.29. The molecular weight excluding hydrogens is 230 g/mol. The Bertz CT molecular complexity index is 460. The van der Waals surface area contributed by atoms with E-state index in [0.717, 1.165) is 16.8 Å². The van der Waals surface area contributed by atoms with Crippen LogP contribution in [0, 0.1) is 0 Å².